The first-order valence-electron chi connectivity index (χ1n) is 13.4. The Hall–Kier alpha value is -4.54. The molecule has 11 heteroatoms. The molecule has 0 radical (unpaired) electrons. The molecular weight excluding hydrogens is 590 g/mol. The Morgan fingerprint density at radius 2 is 1.63 bits per heavy atom. The lowest BCUT2D eigenvalue weighted by atomic mass is 10.2. The van der Waals surface area contributed by atoms with Crippen LogP contribution in [0.5, 0.6) is 17.2 Å². The van der Waals surface area contributed by atoms with E-state index >= 15 is 0 Å². The molecule has 0 heterocycles. The molecule has 0 atom stereocenters. The number of amides is 1. The molecule has 4 aromatic carbocycles. The third-order valence-corrected chi connectivity index (χ3v) is 8.27. The van der Waals surface area contributed by atoms with Gasteiger partial charge in [0.2, 0.25) is 0 Å². The van der Waals surface area contributed by atoms with Gasteiger partial charge in [0.1, 0.15) is 18.9 Å². The number of hydrogen-bond acceptors (Lipinski definition) is 7. The van der Waals surface area contributed by atoms with Crippen LogP contribution in [-0.2, 0) is 21.4 Å². The Labute approximate surface area is 256 Å². The molecule has 0 fully saturated rings. The van der Waals surface area contributed by atoms with E-state index in [2.05, 4.69) is 10.5 Å². The minimum atomic E-state index is -4.06. The Bertz CT molecular complexity index is 1660. The molecule has 0 aliphatic rings. The van der Waals surface area contributed by atoms with Crippen molar-refractivity contribution in [1.29, 1.82) is 0 Å². The van der Waals surface area contributed by atoms with Crippen LogP contribution in [-0.4, -0.2) is 40.8 Å². The number of methoxy groups -OCH3 is 1. The van der Waals surface area contributed by atoms with E-state index in [1.54, 1.807) is 66.7 Å². The van der Waals surface area contributed by atoms with Gasteiger partial charge in [-0.05, 0) is 91.7 Å². The van der Waals surface area contributed by atoms with Gasteiger partial charge in [0, 0.05) is 5.02 Å². The fraction of sp³-hybridized carbons (Fsp3) is 0.188. The Morgan fingerprint density at radius 3 is 2.28 bits per heavy atom. The largest absolute Gasteiger partial charge is 0.497 e. The predicted molar refractivity (Wildman–Crippen MR) is 168 cm³/mol. The highest BCUT2D eigenvalue weighted by molar-refractivity contribution is 7.92. The third-order valence-electron chi connectivity index (χ3n) is 6.23. The second-order valence-electron chi connectivity index (χ2n) is 9.37. The van der Waals surface area contributed by atoms with E-state index in [0.717, 1.165) is 15.4 Å². The number of ether oxygens (including phenoxy) is 3. The number of rotatable bonds is 13. The van der Waals surface area contributed by atoms with Gasteiger partial charge in [-0.15, -0.1) is 0 Å². The van der Waals surface area contributed by atoms with Crippen LogP contribution in [0.4, 0.5) is 5.69 Å². The molecule has 0 aliphatic heterocycles. The lowest BCUT2D eigenvalue weighted by Crippen LogP contribution is -2.39. The van der Waals surface area contributed by atoms with E-state index in [1.165, 1.54) is 25.5 Å². The summed E-state index contributed by atoms with van der Waals surface area (Å²) < 4.78 is 45.0. The molecule has 0 spiro atoms. The molecular formula is C32H32ClN3O6S. The average Bonchev–Trinajstić information content (AvgIpc) is 3.00. The van der Waals surface area contributed by atoms with Crippen molar-refractivity contribution in [2.24, 2.45) is 5.10 Å². The van der Waals surface area contributed by atoms with Crippen LogP contribution in [0, 0.1) is 6.92 Å². The van der Waals surface area contributed by atoms with Crippen LogP contribution in [0.3, 0.4) is 0 Å². The molecule has 0 aromatic heterocycles. The molecule has 0 bridgehead atoms. The first kappa shape index (κ1) is 31.4. The minimum absolute atomic E-state index is 0.0621. The molecule has 9 nitrogen and oxygen atoms in total. The molecule has 4 aromatic rings. The Kier molecular flexibility index (Phi) is 10.6. The van der Waals surface area contributed by atoms with Gasteiger partial charge in [0.15, 0.2) is 11.5 Å². The fourth-order valence-electron chi connectivity index (χ4n) is 3.98. The minimum Gasteiger partial charge on any atom is -0.497 e. The molecule has 0 unspecified atom stereocenters. The third kappa shape index (κ3) is 8.50. The molecule has 224 valence electrons. The van der Waals surface area contributed by atoms with Crippen LogP contribution < -0.4 is 23.9 Å². The zero-order valence-electron chi connectivity index (χ0n) is 24.0. The van der Waals surface area contributed by atoms with Crippen LogP contribution in [0.1, 0.15) is 23.6 Å². The van der Waals surface area contributed by atoms with E-state index in [9.17, 15) is 13.2 Å². The van der Waals surface area contributed by atoms with Crippen molar-refractivity contribution in [3.63, 3.8) is 0 Å². The maximum Gasteiger partial charge on any atom is 0.264 e. The monoisotopic (exact) mass is 621 g/mol. The quantitative estimate of drug-likeness (QED) is 0.145. The number of benzene rings is 4. The lowest BCUT2D eigenvalue weighted by molar-refractivity contribution is -0.119. The van der Waals surface area contributed by atoms with Crippen molar-refractivity contribution in [3.8, 4) is 17.2 Å². The fourth-order valence-corrected chi connectivity index (χ4v) is 5.53. The summed E-state index contributed by atoms with van der Waals surface area (Å²) in [5.74, 6) is 0.991. The van der Waals surface area contributed by atoms with Crippen molar-refractivity contribution in [3.05, 3.63) is 113 Å². The van der Waals surface area contributed by atoms with E-state index in [4.69, 9.17) is 25.8 Å². The van der Waals surface area contributed by atoms with E-state index in [-0.39, 0.29) is 4.90 Å². The highest BCUT2D eigenvalue weighted by Crippen LogP contribution is 2.29. The second-order valence-corrected chi connectivity index (χ2v) is 11.7. The number of nitrogens with zero attached hydrogens (tertiary/aromatic N) is 2. The molecule has 43 heavy (non-hydrogen) atoms. The number of carbonyl (C=O) groups excluding carboxylic acids is 1. The maximum atomic E-state index is 13.6. The summed E-state index contributed by atoms with van der Waals surface area (Å²) >= 11 is 5.95. The normalized spacial score (nSPS) is 11.3. The zero-order valence-corrected chi connectivity index (χ0v) is 25.6. The van der Waals surface area contributed by atoms with Crippen molar-refractivity contribution in [2.45, 2.75) is 25.3 Å². The number of hydrazone groups is 1. The summed E-state index contributed by atoms with van der Waals surface area (Å²) in [4.78, 5) is 13.0. The summed E-state index contributed by atoms with van der Waals surface area (Å²) in [5, 5.41) is 4.69. The van der Waals surface area contributed by atoms with Crippen molar-refractivity contribution in [1.82, 2.24) is 5.43 Å². The summed E-state index contributed by atoms with van der Waals surface area (Å²) in [6.07, 6.45) is 1.44. The first-order chi connectivity index (χ1) is 20.7. The van der Waals surface area contributed by atoms with Crippen LogP contribution >= 0.6 is 11.6 Å². The van der Waals surface area contributed by atoms with Crippen LogP contribution in [0.2, 0.25) is 5.02 Å². The molecule has 1 N–H and O–H groups in total. The summed E-state index contributed by atoms with van der Waals surface area (Å²) in [7, 11) is -2.55. The topological polar surface area (TPSA) is 107 Å². The summed E-state index contributed by atoms with van der Waals surface area (Å²) in [5.41, 5.74) is 5.23. The predicted octanol–water partition coefficient (Wildman–Crippen LogP) is 5.98. The van der Waals surface area contributed by atoms with Gasteiger partial charge in [-0.2, -0.15) is 5.10 Å². The summed E-state index contributed by atoms with van der Waals surface area (Å²) in [6.45, 7) is 3.98. The highest BCUT2D eigenvalue weighted by Gasteiger charge is 2.27. The SMILES string of the molecule is CCOc1cc(/C=N/NC(=O)CN(c2ccc(OC)cc2)S(=O)(=O)c2ccc(C)cc2)ccc1OCc1ccc(Cl)cc1. The van der Waals surface area contributed by atoms with E-state index in [0.29, 0.717) is 46.7 Å². The van der Waals surface area contributed by atoms with Crippen molar-refractivity contribution in [2.75, 3.05) is 24.6 Å². The van der Waals surface area contributed by atoms with Crippen molar-refractivity contribution >= 4 is 39.4 Å². The second kappa shape index (κ2) is 14.6. The van der Waals surface area contributed by atoms with Gasteiger partial charge in [-0.25, -0.2) is 13.8 Å². The number of hydrogen-bond donors (Lipinski definition) is 1. The molecule has 0 saturated carbocycles. The zero-order chi connectivity index (χ0) is 30.8. The number of carbonyl (C=O) groups is 1. The number of halogens is 1. The maximum absolute atomic E-state index is 13.6. The van der Waals surface area contributed by atoms with Gasteiger partial charge in [-0.1, -0.05) is 41.4 Å². The number of sulfonamides is 1. The van der Waals surface area contributed by atoms with Gasteiger partial charge in [-0.3, -0.25) is 9.10 Å². The Morgan fingerprint density at radius 1 is 0.930 bits per heavy atom. The van der Waals surface area contributed by atoms with E-state index in [1.807, 2.05) is 26.0 Å². The first-order valence-corrected chi connectivity index (χ1v) is 15.2. The highest BCUT2D eigenvalue weighted by atomic mass is 35.5. The van der Waals surface area contributed by atoms with Gasteiger partial charge >= 0.3 is 0 Å². The van der Waals surface area contributed by atoms with Gasteiger partial charge in [0.05, 0.1) is 30.5 Å². The summed E-state index contributed by atoms with van der Waals surface area (Å²) in [6, 6.07) is 25.4. The number of anilines is 1. The smallest absolute Gasteiger partial charge is 0.264 e. The average molecular weight is 622 g/mol. The lowest BCUT2D eigenvalue weighted by Gasteiger charge is -2.24. The van der Waals surface area contributed by atoms with E-state index < -0.39 is 22.5 Å². The standard InChI is InChI=1S/C32H32ClN3O6S/c1-4-41-31-19-25(9-18-30(31)42-22-24-7-10-26(33)11-8-24)20-34-35-32(37)21-36(27-12-14-28(40-3)15-13-27)43(38,39)29-16-5-23(2)6-17-29/h5-20H,4,21-22H2,1-3H3,(H,35,37)/b34-20+. The van der Waals surface area contributed by atoms with Crippen LogP contribution in [0.25, 0.3) is 0 Å². The number of nitrogens with one attached hydrogen (secondary N) is 1. The van der Waals surface area contributed by atoms with Gasteiger partial charge in [0.25, 0.3) is 15.9 Å². The Balaban J connectivity index is 1.47. The molecule has 4 rings (SSSR count). The molecule has 0 aliphatic carbocycles. The van der Waals surface area contributed by atoms with Crippen molar-refractivity contribution < 1.29 is 27.4 Å². The molecule has 0 saturated heterocycles. The number of aryl methyl sites for hydroxylation is 1. The van der Waals surface area contributed by atoms with Crippen LogP contribution in [0.15, 0.2) is 101 Å². The van der Waals surface area contributed by atoms with Gasteiger partial charge < -0.3 is 14.2 Å². The molecule has 1 amide bonds.